The molecule has 6 N–H and O–H groups in total. The van der Waals surface area contributed by atoms with Gasteiger partial charge in [-0.25, -0.2) is 9.13 Å². The van der Waals surface area contributed by atoms with Crippen molar-refractivity contribution in [3.8, 4) is 0 Å². The molecule has 0 radical (unpaired) electrons. The number of hydrogen-bond acceptors (Lipinski definition) is 2. The van der Waals surface area contributed by atoms with Crippen LogP contribution in [0.3, 0.4) is 0 Å². The van der Waals surface area contributed by atoms with Crippen molar-refractivity contribution in [2.75, 3.05) is 0 Å². The van der Waals surface area contributed by atoms with Crippen molar-refractivity contribution in [3.63, 3.8) is 0 Å². The summed E-state index contributed by atoms with van der Waals surface area (Å²) in [6.07, 6.45) is 0. The van der Waals surface area contributed by atoms with Crippen molar-refractivity contribution < 1.29 is 52.8 Å². The molecule has 0 aromatic heterocycles. The normalized spacial score (nSPS) is 7.87. The molecule has 15 heavy (non-hydrogen) atoms. The van der Waals surface area contributed by atoms with Gasteiger partial charge in [-0.1, -0.05) is 0 Å². The average molecular weight is 406 g/mol. The first-order valence-electron chi connectivity index (χ1n) is 1.57. The fourth-order valence-electron chi connectivity index (χ4n) is 0. The third kappa shape index (κ3) is 166. The zero-order chi connectivity index (χ0) is 9.00. The van der Waals surface area contributed by atoms with Gasteiger partial charge in [-0.2, -0.15) is 0 Å². The van der Waals surface area contributed by atoms with Gasteiger partial charge in [-0.05, 0) is 0 Å². The van der Waals surface area contributed by atoms with E-state index in [9.17, 15) is 0 Å². The van der Waals surface area contributed by atoms with Crippen molar-refractivity contribution >= 4 is 204 Å². The summed E-state index contributed by atoms with van der Waals surface area (Å²) in [6.45, 7) is 0. The summed E-state index contributed by atoms with van der Waals surface area (Å²) in [4.78, 5) is 43.1. The van der Waals surface area contributed by atoms with Gasteiger partial charge < -0.3 is 43.6 Å². The SMILES string of the molecule is O=P(O)(O)O.O=P(O)(O)O.[Ca+2].[Ca+2].[Ca+2].[Ca+2].[Ca+2].[H-].[H-].[H-].[H-].[H-].[H-].[H-].[H-].[H-].[H-]. The van der Waals surface area contributed by atoms with Crippen LogP contribution in [0.4, 0.5) is 0 Å². The molecule has 0 amide bonds. The van der Waals surface area contributed by atoms with E-state index in [0.29, 0.717) is 0 Å². The van der Waals surface area contributed by atoms with E-state index < -0.39 is 15.6 Å². The Balaban J connectivity index is -0.00000000213. The van der Waals surface area contributed by atoms with Gasteiger partial charge in [0.2, 0.25) is 0 Å². The van der Waals surface area contributed by atoms with Crippen molar-refractivity contribution in [2.45, 2.75) is 0 Å². The van der Waals surface area contributed by atoms with E-state index in [-0.39, 0.29) is 203 Å². The molecule has 0 fully saturated rings. The van der Waals surface area contributed by atoms with Crippen LogP contribution in [0.1, 0.15) is 14.3 Å². The standard InChI is InChI=1S/5Ca.2H3O4P.10H/c;;;;;2*1-5(2,3)4;;;;;;;;;;/h;;;;;2*(H3,1,2,3,4);;;;;;;;;;/q5*+2;;;10*-1. The molecule has 84 valence electrons. The Morgan fingerprint density at radius 1 is 0.533 bits per heavy atom. The Morgan fingerprint density at radius 3 is 0.533 bits per heavy atom. The fraction of sp³-hybridized carbons (Fsp3) is 0. The smallest absolute Gasteiger partial charge is 1.00 e. The van der Waals surface area contributed by atoms with Crippen LogP contribution in [-0.4, -0.2) is 218 Å². The van der Waals surface area contributed by atoms with E-state index in [1.54, 1.807) is 0 Å². The van der Waals surface area contributed by atoms with Crippen LogP contribution in [0.15, 0.2) is 0 Å². The number of rotatable bonds is 0. The van der Waals surface area contributed by atoms with Crippen LogP contribution in [-0.2, 0) is 9.13 Å². The molecule has 0 aromatic rings. The van der Waals surface area contributed by atoms with Gasteiger partial charge in [0.25, 0.3) is 0 Å². The largest absolute Gasteiger partial charge is 2.00 e. The Morgan fingerprint density at radius 2 is 0.533 bits per heavy atom. The van der Waals surface area contributed by atoms with Crippen LogP contribution in [0.2, 0.25) is 0 Å². The maximum atomic E-state index is 8.88. The van der Waals surface area contributed by atoms with Crippen molar-refractivity contribution in [1.82, 2.24) is 0 Å². The minimum Gasteiger partial charge on any atom is -1.00 e. The summed E-state index contributed by atoms with van der Waals surface area (Å²) < 4.78 is 17.8. The predicted molar refractivity (Wildman–Crippen MR) is 68.4 cm³/mol. The van der Waals surface area contributed by atoms with Gasteiger partial charge in [0.1, 0.15) is 0 Å². The Hall–Kier alpha value is 6.52. The molecule has 0 heterocycles. The fourth-order valence-corrected chi connectivity index (χ4v) is 0. The van der Waals surface area contributed by atoms with E-state index in [1.807, 2.05) is 0 Å². The number of hydrogen-bond donors (Lipinski definition) is 6. The zero-order valence-corrected chi connectivity index (χ0v) is 20.8. The topological polar surface area (TPSA) is 156 Å². The van der Waals surface area contributed by atoms with Crippen molar-refractivity contribution in [1.29, 1.82) is 0 Å². The molecule has 8 nitrogen and oxygen atoms in total. The Labute approximate surface area is 251 Å². The third-order valence-electron chi connectivity index (χ3n) is 0. The van der Waals surface area contributed by atoms with Gasteiger partial charge in [-0.3, -0.25) is 0 Å². The first kappa shape index (κ1) is 43.0. The zero-order valence-electron chi connectivity index (χ0n) is 17.9. The van der Waals surface area contributed by atoms with E-state index in [0.717, 1.165) is 0 Å². The molecule has 0 unspecified atom stereocenters. The summed E-state index contributed by atoms with van der Waals surface area (Å²) in [5.74, 6) is 0. The monoisotopic (exact) mass is 406 g/mol. The molecule has 0 aromatic carbocycles. The van der Waals surface area contributed by atoms with E-state index in [4.69, 9.17) is 38.5 Å². The molecule has 0 aliphatic carbocycles. The van der Waals surface area contributed by atoms with Gasteiger partial charge in [-0.15, -0.1) is 0 Å². The van der Waals surface area contributed by atoms with E-state index >= 15 is 0 Å². The van der Waals surface area contributed by atoms with Crippen LogP contribution in [0, 0.1) is 0 Å². The second-order valence-electron chi connectivity index (χ2n) is 1.03. The van der Waals surface area contributed by atoms with Gasteiger partial charge in [0, 0.05) is 0 Å². The maximum absolute atomic E-state index is 8.88. The number of phosphoric acid groups is 2. The summed E-state index contributed by atoms with van der Waals surface area (Å²) >= 11 is 0. The van der Waals surface area contributed by atoms with Gasteiger partial charge in [0.15, 0.2) is 0 Å². The molecule has 0 saturated heterocycles. The van der Waals surface area contributed by atoms with Crippen LogP contribution < -0.4 is 0 Å². The molecule has 0 saturated carbocycles. The third-order valence-corrected chi connectivity index (χ3v) is 0. The molecule has 15 heteroatoms. The Bertz CT molecular complexity index is 158. The molecule has 0 bridgehead atoms. The maximum Gasteiger partial charge on any atom is 2.00 e. The molecule has 0 aliphatic heterocycles. The molecule has 0 atom stereocenters. The summed E-state index contributed by atoms with van der Waals surface area (Å²) in [5.41, 5.74) is 0. The van der Waals surface area contributed by atoms with Crippen molar-refractivity contribution in [3.05, 3.63) is 0 Å². The minimum absolute atomic E-state index is 0. The van der Waals surface area contributed by atoms with Gasteiger partial charge in [0.05, 0.1) is 0 Å². The van der Waals surface area contributed by atoms with Crippen LogP contribution in [0.25, 0.3) is 0 Å². The van der Waals surface area contributed by atoms with E-state index in [1.165, 1.54) is 0 Å². The molecule has 0 aliphatic rings. The first-order valence-corrected chi connectivity index (χ1v) is 4.70. The van der Waals surface area contributed by atoms with E-state index in [2.05, 4.69) is 0 Å². The van der Waals surface area contributed by atoms with Crippen molar-refractivity contribution in [2.24, 2.45) is 0 Å². The predicted octanol–water partition coefficient (Wildman–Crippen LogP) is -2.64. The van der Waals surface area contributed by atoms with Crippen LogP contribution >= 0.6 is 15.6 Å². The summed E-state index contributed by atoms with van der Waals surface area (Å²) in [5, 5.41) is 0. The quantitative estimate of drug-likeness (QED) is 0.188. The molecule has 0 spiro atoms. The molecular formula is H16Ca5O8P2. The second kappa shape index (κ2) is 22.8. The molecule has 0 rings (SSSR count). The molecular weight excluding hydrogens is 390 g/mol. The summed E-state index contributed by atoms with van der Waals surface area (Å²) in [6, 6.07) is 0. The first-order chi connectivity index (χ1) is 4.00. The minimum atomic E-state index is -4.64. The Kier molecular flexibility index (Phi) is 65.3. The summed E-state index contributed by atoms with van der Waals surface area (Å²) in [7, 11) is -9.28. The van der Waals surface area contributed by atoms with Crippen LogP contribution in [0.5, 0.6) is 0 Å². The second-order valence-corrected chi connectivity index (χ2v) is 3.08. The van der Waals surface area contributed by atoms with Gasteiger partial charge >= 0.3 is 204 Å². The average Bonchev–Trinajstić information content (AvgIpc) is 1.12.